The van der Waals surface area contributed by atoms with Crippen LogP contribution in [0, 0.1) is 6.92 Å². The molecule has 0 radical (unpaired) electrons. The zero-order valence-corrected chi connectivity index (χ0v) is 22.1. The molecule has 1 N–H and O–H groups in total. The Kier molecular flexibility index (Phi) is 6.08. The molecule has 1 fully saturated rings. The average Bonchev–Trinajstić information content (AvgIpc) is 3.63. The highest BCUT2D eigenvalue weighted by Crippen LogP contribution is 2.42. The molecule has 1 aliphatic carbocycles. The summed E-state index contributed by atoms with van der Waals surface area (Å²) in [6.07, 6.45) is 3.84. The topological polar surface area (TPSA) is 57.6 Å². The first kappa shape index (κ1) is 23.6. The molecule has 6 rings (SSSR count). The molecule has 3 amide bonds. The maximum absolute atomic E-state index is 14.2. The molecule has 3 aromatic carbocycles. The minimum atomic E-state index is -0.301. The molecule has 4 aromatic rings. The summed E-state index contributed by atoms with van der Waals surface area (Å²) in [7, 11) is 0. The SMILES string of the molecule is Cc1ccc(C2c3cccn3-c3ccccc3N2C(=O)CN(C(=O)Nc2ccccc2Br)C2CC2)cc1. The third-order valence-corrected chi connectivity index (χ3v) is 7.74. The van der Waals surface area contributed by atoms with Gasteiger partial charge >= 0.3 is 6.03 Å². The first-order chi connectivity index (χ1) is 18.0. The minimum Gasteiger partial charge on any atom is -0.316 e. The number of para-hydroxylation sites is 3. The molecule has 0 spiro atoms. The second kappa shape index (κ2) is 9.56. The van der Waals surface area contributed by atoms with E-state index in [2.05, 4.69) is 63.1 Å². The van der Waals surface area contributed by atoms with E-state index in [9.17, 15) is 9.59 Å². The molecule has 0 saturated heterocycles. The number of anilines is 2. The fourth-order valence-corrected chi connectivity index (χ4v) is 5.43. The fraction of sp³-hybridized carbons (Fsp3) is 0.200. The van der Waals surface area contributed by atoms with Crippen molar-refractivity contribution >= 4 is 39.2 Å². The van der Waals surface area contributed by atoms with Gasteiger partial charge in [0.25, 0.3) is 0 Å². The third kappa shape index (κ3) is 4.44. The van der Waals surface area contributed by atoms with Crippen LogP contribution in [-0.2, 0) is 4.79 Å². The summed E-state index contributed by atoms with van der Waals surface area (Å²) in [5, 5.41) is 2.98. The largest absolute Gasteiger partial charge is 0.322 e. The standard InChI is InChI=1S/C30H27BrN4O2/c1-20-12-14-21(15-13-20)29-27-11-6-18-33(27)25-9-4-5-10-26(25)35(29)28(36)19-34(22-16-17-22)30(37)32-24-8-3-2-7-23(24)31/h2-15,18,22,29H,16-17,19H2,1H3,(H,32,37). The van der Waals surface area contributed by atoms with Crippen LogP contribution in [0.25, 0.3) is 5.69 Å². The van der Waals surface area contributed by atoms with Crippen LogP contribution >= 0.6 is 15.9 Å². The summed E-state index contributed by atoms with van der Waals surface area (Å²) in [5.41, 5.74) is 5.69. The normalized spacial score (nSPS) is 16.1. The van der Waals surface area contributed by atoms with Gasteiger partial charge in [0, 0.05) is 16.7 Å². The Morgan fingerprint density at radius 2 is 1.62 bits per heavy atom. The van der Waals surface area contributed by atoms with Gasteiger partial charge in [-0.1, -0.05) is 54.1 Å². The van der Waals surface area contributed by atoms with E-state index in [0.717, 1.165) is 45.5 Å². The lowest BCUT2D eigenvalue weighted by Crippen LogP contribution is -2.48. The van der Waals surface area contributed by atoms with Crippen molar-refractivity contribution in [2.75, 3.05) is 16.8 Å². The van der Waals surface area contributed by atoms with Crippen LogP contribution in [0.15, 0.2) is 95.6 Å². The Morgan fingerprint density at radius 3 is 2.35 bits per heavy atom. The predicted molar refractivity (Wildman–Crippen MR) is 149 cm³/mol. The number of benzene rings is 3. The van der Waals surface area contributed by atoms with Crippen molar-refractivity contribution in [3.8, 4) is 5.69 Å². The molecular formula is C30H27BrN4O2. The van der Waals surface area contributed by atoms with Gasteiger partial charge in [-0.25, -0.2) is 4.79 Å². The van der Waals surface area contributed by atoms with Crippen molar-refractivity contribution in [3.63, 3.8) is 0 Å². The third-order valence-electron chi connectivity index (χ3n) is 7.05. The lowest BCUT2D eigenvalue weighted by molar-refractivity contribution is -0.119. The zero-order chi connectivity index (χ0) is 25.5. The van der Waals surface area contributed by atoms with Gasteiger partial charge in [0.15, 0.2) is 0 Å². The molecule has 186 valence electrons. The number of rotatable bonds is 5. The molecule has 7 heteroatoms. The van der Waals surface area contributed by atoms with Crippen LogP contribution in [0.5, 0.6) is 0 Å². The zero-order valence-electron chi connectivity index (χ0n) is 20.5. The van der Waals surface area contributed by atoms with Gasteiger partial charge in [-0.2, -0.15) is 0 Å². The van der Waals surface area contributed by atoms with Crippen molar-refractivity contribution in [2.24, 2.45) is 0 Å². The Bertz CT molecular complexity index is 1470. The number of aryl methyl sites for hydroxylation is 1. The van der Waals surface area contributed by atoms with E-state index < -0.39 is 0 Å². The highest BCUT2D eigenvalue weighted by Gasteiger charge is 2.40. The maximum atomic E-state index is 14.2. The monoisotopic (exact) mass is 554 g/mol. The quantitative estimate of drug-likeness (QED) is 0.299. The first-order valence-corrected chi connectivity index (χ1v) is 13.3. The molecule has 37 heavy (non-hydrogen) atoms. The highest BCUT2D eigenvalue weighted by molar-refractivity contribution is 9.10. The summed E-state index contributed by atoms with van der Waals surface area (Å²) in [5.74, 6) is -0.111. The van der Waals surface area contributed by atoms with Crippen LogP contribution in [-0.4, -0.2) is 34.0 Å². The van der Waals surface area contributed by atoms with E-state index in [4.69, 9.17) is 0 Å². The van der Waals surface area contributed by atoms with Gasteiger partial charge in [-0.3, -0.25) is 9.69 Å². The number of urea groups is 1. The summed E-state index contributed by atoms with van der Waals surface area (Å²) >= 11 is 3.50. The number of carbonyl (C=O) groups is 2. The predicted octanol–water partition coefficient (Wildman–Crippen LogP) is 6.68. The van der Waals surface area contributed by atoms with E-state index >= 15 is 0 Å². The van der Waals surface area contributed by atoms with Crippen molar-refractivity contribution in [3.05, 3.63) is 112 Å². The molecule has 0 bridgehead atoms. The van der Waals surface area contributed by atoms with Crippen molar-refractivity contribution in [1.82, 2.24) is 9.47 Å². The molecule has 1 unspecified atom stereocenters. The van der Waals surface area contributed by atoms with Gasteiger partial charge in [0.2, 0.25) is 5.91 Å². The van der Waals surface area contributed by atoms with Crippen molar-refractivity contribution < 1.29 is 9.59 Å². The number of hydrogen-bond donors (Lipinski definition) is 1. The van der Waals surface area contributed by atoms with Crippen LogP contribution in [0.3, 0.4) is 0 Å². The minimum absolute atomic E-state index is 0.00163. The van der Waals surface area contributed by atoms with Gasteiger partial charge < -0.3 is 14.8 Å². The van der Waals surface area contributed by atoms with Crippen LogP contribution in [0.1, 0.15) is 35.7 Å². The average molecular weight is 555 g/mol. The highest BCUT2D eigenvalue weighted by atomic mass is 79.9. The molecule has 2 heterocycles. The lowest BCUT2D eigenvalue weighted by atomic mass is 9.97. The Hall–Kier alpha value is -3.84. The maximum Gasteiger partial charge on any atom is 0.322 e. The van der Waals surface area contributed by atoms with Crippen LogP contribution in [0.2, 0.25) is 0 Å². The number of nitrogens with one attached hydrogen (secondary N) is 1. The molecule has 1 aromatic heterocycles. The summed E-state index contributed by atoms with van der Waals surface area (Å²) in [4.78, 5) is 31.1. The smallest absolute Gasteiger partial charge is 0.316 e. The molecule has 1 atom stereocenters. The van der Waals surface area contributed by atoms with Gasteiger partial charge in [0.1, 0.15) is 12.6 Å². The molecular weight excluding hydrogens is 528 g/mol. The Balaban J connectivity index is 1.36. The Morgan fingerprint density at radius 1 is 0.919 bits per heavy atom. The molecule has 1 saturated carbocycles. The number of halogens is 1. The molecule has 2 aliphatic rings. The van der Waals surface area contributed by atoms with E-state index in [1.54, 1.807) is 4.90 Å². The molecule has 1 aliphatic heterocycles. The van der Waals surface area contributed by atoms with Crippen LogP contribution < -0.4 is 10.2 Å². The van der Waals surface area contributed by atoms with E-state index in [1.165, 1.54) is 0 Å². The first-order valence-electron chi connectivity index (χ1n) is 12.5. The summed E-state index contributed by atoms with van der Waals surface area (Å²) in [6.45, 7) is 2.06. The number of aromatic nitrogens is 1. The summed E-state index contributed by atoms with van der Waals surface area (Å²) < 4.78 is 2.96. The van der Waals surface area contributed by atoms with Gasteiger partial charge in [0.05, 0.1) is 22.8 Å². The van der Waals surface area contributed by atoms with E-state index in [0.29, 0.717) is 5.69 Å². The van der Waals surface area contributed by atoms with Gasteiger partial charge in [-0.15, -0.1) is 0 Å². The fourth-order valence-electron chi connectivity index (χ4n) is 5.05. The molecule has 6 nitrogen and oxygen atoms in total. The lowest BCUT2D eigenvalue weighted by Gasteiger charge is -2.39. The number of amides is 3. The van der Waals surface area contributed by atoms with Crippen molar-refractivity contribution in [2.45, 2.75) is 31.8 Å². The number of hydrogen-bond acceptors (Lipinski definition) is 2. The number of carbonyl (C=O) groups excluding carboxylic acids is 2. The van der Waals surface area contributed by atoms with E-state index in [1.807, 2.05) is 65.7 Å². The van der Waals surface area contributed by atoms with E-state index in [-0.39, 0.29) is 30.6 Å². The Labute approximate surface area is 224 Å². The summed E-state index contributed by atoms with van der Waals surface area (Å²) in [6, 6.07) is 27.4. The van der Waals surface area contributed by atoms with Crippen molar-refractivity contribution in [1.29, 1.82) is 0 Å². The number of fused-ring (bicyclic) bond motifs is 3. The van der Waals surface area contributed by atoms with Crippen LogP contribution in [0.4, 0.5) is 16.2 Å². The van der Waals surface area contributed by atoms with Gasteiger partial charge in [-0.05, 0) is 77.7 Å². The second-order valence-corrected chi connectivity index (χ2v) is 10.5. The number of nitrogens with zero attached hydrogens (tertiary/aromatic N) is 3. The second-order valence-electron chi connectivity index (χ2n) is 9.64.